The van der Waals surface area contributed by atoms with Crippen LogP contribution in [0.25, 0.3) is 0 Å². The molecule has 1 amide bonds. The summed E-state index contributed by atoms with van der Waals surface area (Å²) < 4.78 is 11.8. The van der Waals surface area contributed by atoms with Crippen LogP contribution in [0.5, 0.6) is 11.5 Å². The summed E-state index contributed by atoms with van der Waals surface area (Å²) in [7, 11) is 1.79. The van der Waals surface area contributed by atoms with Crippen LogP contribution >= 0.6 is 0 Å². The summed E-state index contributed by atoms with van der Waals surface area (Å²) in [5.41, 5.74) is 6.91. The number of ether oxygens (including phenoxy) is 2. The highest BCUT2D eigenvalue weighted by Gasteiger charge is 2.33. The van der Waals surface area contributed by atoms with Gasteiger partial charge in [0, 0.05) is 44.1 Å². The predicted octanol–water partition coefficient (Wildman–Crippen LogP) is 1.86. The zero-order chi connectivity index (χ0) is 15.2. The molecule has 0 spiro atoms. The number of benzene rings is 1. The Morgan fingerprint density at radius 1 is 1.43 bits per heavy atom. The van der Waals surface area contributed by atoms with Crippen molar-refractivity contribution in [2.24, 2.45) is 5.73 Å². The summed E-state index contributed by atoms with van der Waals surface area (Å²) in [6.07, 6.45) is 1.11. The topological polar surface area (TPSA) is 64.8 Å². The normalized spacial score (nSPS) is 27.2. The highest BCUT2D eigenvalue weighted by molar-refractivity contribution is 5.83. The predicted molar refractivity (Wildman–Crippen MR) is 79.4 cm³/mol. The standard InChI is InChI=1S/C16H22N2O3/c1-16(2)9-12(17)11-5-4-10(8-14(11)21-16)20-13-6-7-18(3)15(13)19/h4-5,8,12-13H,6-7,9,17H2,1-3H3. The van der Waals surface area contributed by atoms with Crippen molar-refractivity contribution in [3.63, 3.8) is 0 Å². The molecule has 2 aliphatic rings. The second-order valence-electron chi connectivity index (χ2n) is 6.53. The number of rotatable bonds is 2. The molecule has 0 radical (unpaired) electrons. The first kappa shape index (κ1) is 14.2. The molecular formula is C16H22N2O3. The van der Waals surface area contributed by atoms with Crippen LogP contribution in [0.3, 0.4) is 0 Å². The van der Waals surface area contributed by atoms with Gasteiger partial charge in [0.05, 0.1) is 0 Å². The first-order chi connectivity index (χ1) is 9.85. The van der Waals surface area contributed by atoms with Crippen molar-refractivity contribution in [1.82, 2.24) is 4.90 Å². The Labute approximate surface area is 125 Å². The number of carbonyl (C=O) groups excluding carboxylic acids is 1. The van der Waals surface area contributed by atoms with Gasteiger partial charge in [0.2, 0.25) is 0 Å². The number of fused-ring (bicyclic) bond motifs is 1. The number of amides is 1. The summed E-state index contributed by atoms with van der Waals surface area (Å²) in [5.74, 6) is 1.45. The molecule has 21 heavy (non-hydrogen) atoms. The molecule has 5 heteroatoms. The van der Waals surface area contributed by atoms with Gasteiger partial charge in [-0.3, -0.25) is 4.79 Å². The molecule has 2 aliphatic heterocycles. The van der Waals surface area contributed by atoms with Crippen LogP contribution in [0.2, 0.25) is 0 Å². The van der Waals surface area contributed by atoms with E-state index in [2.05, 4.69) is 0 Å². The Kier molecular flexibility index (Phi) is 3.32. The second kappa shape index (κ2) is 4.91. The zero-order valence-corrected chi connectivity index (χ0v) is 12.8. The van der Waals surface area contributed by atoms with Crippen molar-refractivity contribution in [2.75, 3.05) is 13.6 Å². The largest absolute Gasteiger partial charge is 0.487 e. The van der Waals surface area contributed by atoms with Crippen molar-refractivity contribution >= 4 is 5.91 Å². The number of nitrogens with two attached hydrogens (primary N) is 1. The van der Waals surface area contributed by atoms with Gasteiger partial charge >= 0.3 is 0 Å². The van der Waals surface area contributed by atoms with E-state index in [1.165, 1.54) is 0 Å². The minimum Gasteiger partial charge on any atom is -0.487 e. The number of carbonyl (C=O) groups is 1. The van der Waals surface area contributed by atoms with Crippen molar-refractivity contribution in [1.29, 1.82) is 0 Å². The van der Waals surface area contributed by atoms with E-state index in [1.807, 2.05) is 32.0 Å². The van der Waals surface area contributed by atoms with E-state index < -0.39 is 6.10 Å². The van der Waals surface area contributed by atoms with Crippen molar-refractivity contribution < 1.29 is 14.3 Å². The van der Waals surface area contributed by atoms with E-state index in [0.29, 0.717) is 5.75 Å². The minimum absolute atomic E-state index is 0.0305. The number of likely N-dealkylation sites (tertiary alicyclic amines) is 1. The smallest absolute Gasteiger partial charge is 0.263 e. The van der Waals surface area contributed by atoms with Gasteiger partial charge in [0.25, 0.3) is 5.91 Å². The van der Waals surface area contributed by atoms with Crippen LogP contribution in [0.4, 0.5) is 0 Å². The first-order valence-electron chi connectivity index (χ1n) is 7.36. The average Bonchev–Trinajstić information content (AvgIpc) is 2.69. The third kappa shape index (κ3) is 2.70. The van der Waals surface area contributed by atoms with Crippen molar-refractivity contribution in [3.05, 3.63) is 23.8 Å². The van der Waals surface area contributed by atoms with Gasteiger partial charge in [-0.2, -0.15) is 0 Å². The number of hydrogen-bond acceptors (Lipinski definition) is 4. The average molecular weight is 290 g/mol. The van der Waals surface area contributed by atoms with Gasteiger partial charge in [-0.25, -0.2) is 0 Å². The maximum atomic E-state index is 11.9. The Hall–Kier alpha value is -1.75. The first-order valence-corrected chi connectivity index (χ1v) is 7.36. The molecule has 5 nitrogen and oxygen atoms in total. The van der Waals surface area contributed by atoms with Gasteiger partial charge in [-0.1, -0.05) is 6.07 Å². The van der Waals surface area contributed by atoms with E-state index >= 15 is 0 Å². The Morgan fingerprint density at radius 2 is 2.19 bits per heavy atom. The van der Waals surface area contributed by atoms with Crippen LogP contribution in [0.1, 0.15) is 38.3 Å². The van der Waals surface area contributed by atoms with Gasteiger partial charge in [-0.15, -0.1) is 0 Å². The van der Waals surface area contributed by atoms with Gasteiger partial charge in [-0.05, 0) is 19.9 Å². The minimum atomic E-state index is -0.390. The quantitative estimate of drug-likeness (QED) is 0.903. The van der Waals surface area contributed by atoms with E-state index in [-0.39, 0.29) is 17.6 Å². The molecule has 2 N–H and O–H groups in total. The van der Waals surface area contributed by atoms with Crippen molar-refractivity contribution in [3.8, 4) is 11.5 Å². The third-order valence-electron chi connectivity index (χ3n) is 4.14. The lowest BCUT2D eigenvalue weighted by molar-refractivity contribution is -0.132. The van der Waals surface area contributed by atoms with Crippen LogP contribution in [0.15, 0.2) is 18.2 Å². The van der Waals surface area contributed by atoms with E-state index in [4.69, 9.17) is 15.2 Å². The lowest BCUT2D eigenvalue weighted by Gasteiger charge is -2.36. The fraction of sp³-hybridized carbons (Fsp3) is 0.562. The molecule has 0 aliphatic carbocycles. The highest BCUT2D eigenvalue weighted by atomic mass is 16.5. The summed E-state index contributed by atoms with van der Waals surface area (Å²) in [5, 5.41) is 0. The second-order valence-corrected chi connectivity index (χ2v) is 6.53. The molecule has 1 aromatic rings. The monoisotopic (exact) mass is 290 g/mol. The lowest BCUT2D eigenvalue weighted by Crippen LogP contribution is -2.37. The summed E-state index contributed by atoms with van der Waals surface area (Å²) in [6, 6.07) is 5.62. The van der Waals surface area contributed by atoms with Crippen LogP contribution in [-0.2, 0) is 4.79 Å². The summed E-state index contributed by atoms with van der Waals surface area (Å²) in [6.45, 7) is 4.79. The SMILES string of the molecule is CN1CCC(Oc2ccc3c(c2)OC(C)(C)CC3N)C1=O. The fourth-order valence-corrected chi connectivity index (χ4v) is 3.03. The van der Waals surface area contributed by atoms with Crippen molar-refractivity contribution in [2.45, 2.75) is 44.4 Å². The molecule has 2 atom stereocenters. The fourth-order valence-electron chi connectivity index (χ4n) is 3.03. The maximum absolute atomic E-state index is 11.9. The van der Waals surface area contributed by atoms with E-state index in [1.54, 1.807) is 11.9 Å². The molecular weight excluding hydrogens is 268 g/mol. The Balaban J connectivity index is 1.81. The summed E-state index contributed by atoms with van der Waals surface area (Å²) in [4.78, 5) is 13.6. The lowest BCUT2D eigenvalue weighted by atomic mass is 9.90. The number of hydrogen-bond donors (Lipinski definition) is 1. The van der Waals surface area contributed by atoms with E-state index in [0.717, 1.165) is 30.7 Å². The third-order valence-corrected chi connectivity index (χ3v) is 4.14. The Bertz CT molecular complexity index is 571. The Morgan fingerprint density at radius 3 is 2.86 bits per heavy atom. The molecule has 2 heterocycles. The molecule has 0 aromatic heterocycles. The molecule has 114 valence electrons. The molecule has 3 rings (SSSR count). The van der Waals surface area contributed by atoms with Gasteiger partial charge in [0.15, 0.2) is 6.10 Å². The number of likely N-dealkylation sites (N-methyl/N-ethyl adjacent to an activating group) is 1. The van der Waals surface area contributed by atoms with Crippen LogP contribution in [0, 0.1) is 0 Å². The van der Waals surface area contributed by atoms with Crippen LogP contribution < -0.4 is 15.2 Å². The summed E-state index contributed by atoms with van der Waals surface area (Å²) >= 11 is 0. The zero-order valence-electron chi connectivity index (χ0n) is 12.8. The molecule has 0 saturated carbocycles. The number of nitrogens with zero attached hydrogens (tertiary/aromatic N) is 1. The maximum Gasteiger partial charge on any atom is 0.263 e. The van der Waals surface area contributed by atoms with E-state index in [9.17, 15) is 4.79 Å². The van der Waals surface area contributed by atoms with Gasteiger partial charge < -0.3 is 20.1 Å². The molecule has 1 aromatic carbocycles. The van der Waals surface area contributed by atoms with Crippen LogP contribution in [-0.4, -0.2) is 36.1 Å². The molecule has 1 saturated heterocycles. The van der Waals surface area contributed by atoms with Gasteiger partial charge in [0.1, 0.15) is 17.1 Å². The molecule has 2 unspecified atom stereocenters. The molecule has 1 fully saturated rings. The highest BCUT2D eigenvalue weighted by Crippen LogP contribution is 2.40. The molecule has 0 bridgehead atoms.